The van der Waals surface area contributed by atoms with Crippen molar-refractivity contribution in [3.8, 4) is 55.9 Å². The third-order valence-electron chi connectivity index (χ3n) is 11.3. The van der Waals surface area contributed by atoms with E-state index < -0.39 is 0 Å². The van der Waals surface area contributed by atoms with Crippen molar-refractivity contribution >= 4 is 21.5 Å². The topological polar surface area (TPSA) is 12.9 Å². The molecule has 51 heavy (non-hydrogen) atoms. The molecule has 1 spiro atoms. The Bertz CT molecular complexity index is 2710. The highest BCUT2D eigenvalue weighted by molar-refractivity contribution is 6.17. The molecular weight excluding hydrogens is 615 g/mol. The molecular formula is C50H31N. The highest BCUT2D eigenvalue weighted by Gasteiger charge is 2.50. The second-order valence-electron chi connectivity index (χ2n) is 13.9. The van der Waals surface area contributed by atoms with E-state index in [0.29, 0.717) is 0 Å². The first kappa shape index (κ1) is 28.3. The fourth-order valence-electron chi connectivity index (χ4n) is 9.03. The van der Waals surface area contributed by atoms with Gasteiger partial charge in [-0.15, -0.1) is 0 Å². The predicted molar refractivity (Wildman–Crippen MR) is 212 cm³/mol. The molecule has 9 aromatic rings. The van der Waals surface area contributed by atoms with Crippen LogP contribution in [0.1, 0.15) is 22.3 Å². The Balaban J connectivity index is 1.06. The first-order valence-corrected chi connectivity index (χ1v) is 17.7. The zero-order valence-electron chi connectivity index (χ0n) is 27.8. The zero-order valence-corrected chi connectivity index (χ0v) is 27.8. The van der Waals surface area contributed by atoms with Gasteiger partial charge in [-0.1, -0.05) is 170 Å². The number of fused-ring (bicyclic) bond motifs is 7. The van der Waals surface area contributed by atoms with Crippen molar-refractivity contribution in [1.82, 2.24) is 4.98 Å². The Kier molecular flexibility index (Phi) is 5.94. The second kappa shape index (κ2) is 10.7. The molecule has 0 atom stereocenters. The predicted octanol–water partition coefficient (Wildman–Crippen LogP) is 12.7. The summed E-state index contributed by atoms with van der Waals surface area (Å²) in [6.45, 7) is 0. The van der Waals surface area contributed by atoms with Gasteiger partial charge >= 0.3 is 0 Å². The normalized spacial score (nSPS) is 13.3. The van der Waals surface area contributed by atoms with Gasteiger partial charge in [0.15, 0.2) is 0 Å². The quantitative estimate of drug-likeness (QED) is 0.174. The Morgan fingerprint density at radius 2 is 0.784 bits per heavy atom. The van der Waals surface area contributed by atoms with E-state index in [1.54, 1.807) is 0 Å². The van der Waals surface area contributed by atoms with Gasteiger partial charge in [0.2, 0.25) is 0 Å². The maximum Gasteiger partial charge on any atom is 0.0726 e. The molecule has 2 aliphatic rings. The molecule has 0 aliphatic heterocycles. The van der Waals surface area contributed by atoms with Crippen LogP contribution in [0.4, 0.5) is 0 Å². The summed E-state index contributed by atoms with van der Waals surface area (Å²) >= 11 is 0. The van der Waals surface area contributed by atoms with Crippen molar-refractivity contribution in [2.24, 2.45) is 0 Å². The molecule has 1 nitrogen and oxygen atoms in total. The average molecular weight is 646 g/mol. The van der Waals surface area contributed by atoms with Crippen LogP contribution in [0.2, 0.25) is 0 Å². The second-order valence-corrected chi connectivity index (χ2v) is 13.9. The zero-order chi connectivity index (χ0) is 33.5. The largest absolute Gasteiger partial charge is 0.248 e. The molecule has 1 heterocycles. The summed E-state index contributed by atoms with van der Waals surface area (Å²) < 4.78 is 0. The molecule has 11 rings (SSSR count). The number of benzene rings is 8. The van der Waals surface area contributed by atoms with E-state index in [0.717, 1.165) is 28.1 Å². The standard InChI is InChI=1S/C50H31N/c1-3-11-32(12-4-1)39-30-46(34-13-5-2-6-14-34)51-47(31-39)35-23-21-33(22-24-35)38-27-28-41-40-17-7-8-18-42(40)50(45(41)29-38)43-19-9-15-36-25-26-37-16-10-20-44(50)49(37)48(36)43/h1-31H. The maximum atomic E-state index is 5.18. The van der Waals surface area contributed by atoms with Crippen LogP contribution in [0.5, 0.6) is 0 Å². The lowest BCUT2D eigenvalue weighted by atomic mass is 9.70. The lowest BCUT2D eigenvalue weighted by Gasteiger charge is -2.31. The molecule has 0 fully saturated rings. The van der Waals surface area contributed by atoms with E-state index in [4.69, 9.17) is 4.98 Å². The van der Waals surface area contributed by atoms with E-state index in [-0.39, 0.29) is 5.41 Å². The van der Waals surface area contributed by atoms with Crippen molar-refractivity contribution in [2.75, 3.05) is 0 Å². The van der Waals surface area contributed by atoms with Crippen molar-refractivity contribution in [2.45, 2.75) is 5.41 Å². The molecule has 0 N–H and O–H groups in total. The van der Waals surface area contributed by atoms with Crippen molar-refractivity contribution in [3.05, 3.63) is 210 Å². The number of hydrogen-bond donors (Lipinski definition) is 0. The summed E-state index contributed by atoms with van der Waals surface area (Å²) in [4.78, 5) is 5.18. The summed E-state index contributed by atoms with van der Waals surface area (Å²) in [6.07, 6.45) is 0. The van der Waals surface area contributed by atoms with Gasteiger partial charge < -0.3 is 0 Å². The minimum absolute atomic E-state index is 0.361. The monoisotopic (exact) mass is 645 g/mol. The Hall–Kier alpha value is -6.57. The molecule has 8 aromatic carbocycles. The van der Waals surface area contributed by atoms with E-state index in [2.05, 4.69) is 188 Å². The first-order chi connectivity index (χ1) is 25.3. The number of rotatable bonds is 4. The number of nitrogens with zero attached hydrogens (tertiary/aromatic N) is 1. The van der Waals surface area contributed by atoms with Crippen molar-refractivity contribution in [3.63, 3.8) is 0 Å². The van der Waals surface area contributed by atoms with E-state index in [1.807, 2.05) is 0 Å². The summed E-state index contributed by atoms with van der Waals surface area (Å²) in [5, 5.41) is 5.40. The lowest BCUT2D eigenvalue weighted by Crippen LogP contribution is -2.26. The van der Waals surface area contributed by atoms with Crippen LogP contribution in [0.3, 0.4) is 0 Å². The van der Waals surface area contributed by atoms with Gasteiger partial charge in [0.1, 0.15) is 0 Å². The number of hydrogen-bond acceptors (Lipinski definition) is 1. The van der Waals surface area contributed by atoms with Gasteiger partial charge in [-0.25, -0.2) is 4.98 Å². The molecule has 236 valence electrons. The van der Waals surface area contributed by atoms with Crippen LogP contribution in [0, 0.1) is 0 Å². The van der Waals surface area contributed by atoms with Gasteiger partial charge in [0, 0.05) is 11.1 Å². The molecule has 0 saturated heterocycles. The van der Waals surface area contributed by atoms with Gasteiger partial charge in [-0.2, -0.15) is 0 Å². The molecule has 0 unspecified atom stereocenters. The van der Waals surface area contributed by atoms with Crippen molar-refractivity contribution < 1.29 is 0 Å². The van der Waals surface area contributed by atoms with Gasteiger partial charge in [0.05, 0.1) is 16.8 Å². The van der Waals surface area contributed by atoms with E-state index in [1.165, 1.54) is 71.6 Å². The maximum absolute atomic E-state index is 5.18. The Labute approximate surface area is 297 Å². The third-order valence-corrected chi connectivity index (χ3v) is 11.3. The smallest absolute Gasteiger partial charge is 0.0726 e. The molecule has 1 heteroatoms. The van der Waals surface area contributed by atoms with E-state index in [9.17, 15) is 0 Å². The molecule has 0 amide bonds. The van der Waals surface area contributed by atoms with Crippen LogP contribution in [0.25, 0.3) is 77.4 Å². The fourth-order valence-corrected chi connectivity index (χ4v) is 9.03. The van der Waals surface area contributed by atoms with Crippen LogP contribution >= 0.6 is 0 Å². The van der Waals surface area contributed by atoms with Crippen LogP contribution in [-0.2, 0) is 5.41 Å². The van der Waals surface area contributed by atoms with E-state index >= 15 is 0 Å². The molecule has 1 aromatic heterocycles. The highest BCUT2D eigenvalue weighted by atomic mass is 14.7. The minimum atomic E-state index is -0.361. The first-order valence-electron chi connectivity index (χ1n) is 17.7. The van der Waals surface area contributed by atoms with Gasteiger partial charge in [-0.3, -0.25) is 0 Å². The number of pyridine rings is 1. The van der Waals surface area contributed by atoms with Crippen LogP contribution < -0.4 is 0 Å². The van der Waals surface area contributed by atoms with Crippen LogP contribution in [-0.4, -0.2) is 4.98 Å². The fraction of sp³-hybridized carbons (Fsp3) is 0.0200. The summed E-state index contributed by atoms with van der Waals surface area (Å²) in [7, 11) is 0. The average Bonchev–Trinajstić information content (AvgIpc) is 3.68. The summed E-state index contributed by atoms with van der Waals surface area (Å²) in [5.74, 6) is 0. The number of aromatic nitrogens is 1. The van der Waals surface area contributed by atoms with Crippen molar-refractivity contribution in [1.29, 1.82) is 0 Å². The molecule has 0 bridgehead atoms. The highest BCUT2D eigenvalue weighted by Crippen LogP contribution is 2.62. The van der Waals surface area contributed by atoms with Crippen LogP contribution in [0.15, 0.2) is 188 Å². The Morgan fingerprint density at radius 1 is 0.294 bits per heavy atom. The Morgan fingerprint density at radius 3 is 1.45 bits per heavy atom. The lowest BCUT2D eigenvalue weighted by molar-refractivity contribution is 0.797. The SMILES string of the molecule is c1ccc(-c2cc(-c3ccccc3)nc(-c3ccc(-c4ccc5c(c4)C4(c6ccccc6-5)c5cccc6ccc7cccc4c7c56)cc3)c2)cc1. The third kappa shape index (κ3) is 4.00. The molecule has 2 aliphatic carbocycles. The summed E-state index contributed by atoms with van der Waals surface area (Å²) in [5.41, 5.74) is 16.7. The van der Waals surface area contributed by atoms with Gasteiger partial charge in [0.25, 0.3) is 0 Å². The minimum Gasteiger partial charge on any atom is -0.248 e. The molecule has 0 saturated carbocycles. The molecule has 0 radical (unpaired) electrons. The van der Waals surface area contributed by atoms with Gasteiger partial charge in [-0.05, 0) is 95.4 Å². The summed E-state index contributed by atoms with van der Waals surface area (Å²) in [6, 6.07) is 68.9.